The minimum absolute atomic E-state index is 0.0991. The quantitative estimate of drug-likeness (QED) is 0.651. The Labute approximate surface area is 122 Å². The van der Waals surface area contributed by atoms with Crippen molar-refractivity contribution in [3.05, 3.63) is 32.2 Å². The fourth-order valence-electron chi connectivity index (χ4n) is 1.27. The molecule has 6 heteroatoms. The number of amides is 1. The van der Waals surface area contributed by atoms with Crippen LogP contribution < -0.4 is 10.5 Å². The molecule has 1 aromatic rings. The summed E-state index contributed by atoms with van der Waals surface area (Å²) < 4.78 is 6.89. The van der Waals surface area contributed by atoms with Crippen LogP contribution in [-0.2, 0) is 4.79 Å². The first-order valence-corrected chi connectivity index (χ1v) is 6.61. The number of carbonyl (C=O) groups is 1. The van der Waals surface area contributed by atoms with Crippen molar-refractivity contribution in [2.75, 3.05) is 6.61 Å². The van der Waals surface area contributed by atoms with Crippen molar-refractivity contribution in [3.8, 4) is 11.8 Å². The van der Waals surface area contributed by atoms with Gasteiger partial charge in [-0.15, -0.1) is 0 Å². The Kier molecular flexibility index (Phi) is 5.38. The third-order valence-electron chi connectivity index (χ3n) is 2.01. The van der Waals surface area contributed by atoms with Gasteiger partial charge in [-0.1, -0.05) is 0 Å². The number of benzene rings is 1. The van der Waals surface area contributed by atoms with E-state index in [1.807, 2.05) is 6.92 Å². The lowest BCUT2D eigenvalue weighted by atomic mass is 10.1. The summed E-state index contributed by atoms with van der Waals surface area (Å²) in [7, 11) is 0. The zero-order valence-corrected chi connectivity index (χ0v) is 12.7. The lowest BCUT2D eigenvalue weighted by molar-refractivity contribution is -0.114. The molecule has 0 fully saturated rings. The smallest absolute Gasteiger partial charge is 0.259 e. The summed E-state index contributed by atoms with van der Waals surface area (Å²) in [6.45, 7) is 2.42. The van der Waals surface area contributed by atoms with E-state index in [1.165, 1.54) is 6.08 Å². The Bertz CT molecular complexity index is 524. The number of rotatable bonds is 4. The molecule has 0 aliphatic rings. The van der Waals surface area contributed by atoms with Gasteiger partial charge in [0.05, 0.1) is 15.6 Å². The van der Waals surface area contributed by atoms with Crippen LogP contribution in [0.1, 0.15) is 12.5 Å². The molecule has 0 spiro atoms. The van der Waals surface area contributed by atoms with Crippen LogP contribution in [0.5, 0.6) is 5.75 Å². The number of carbonyl (C=O) groups excluding carboxylic acids is 1. The maximum absolute atomic E-state index is 11.0. The molecule has 1 rings (SSSR count). The number of hydrogen-bond acceptors (Lipinski definition) is 3. The molecule has 0 saturated heterocycles. The summed E-state index contributed by atoms with van der Waals surface area (Å²) in [6.07, 6.45) is 1.42. The molecule has 0 radical (unpaired) electrons. The molecule has 1 aromatic carbocycles. The van der Waals surface area contributed by atoms with E-state index in [1.54, 1.807) is 18.2 Å². The van der Waals surface area contributed by atoms with E-state index in [0.29, 0.717) is 17.9 Å². The third-order valence-corrected chi connectivity index (χ3v) is 3.18. The zero-order chi connectivity index (χ0) is 13.7. The molecule has 94 valence electrons. The van der Waals surface area contributed by atoms with Crippen molar-refractivity contribution in [1.29, 1.82) is 5.26 Å². The summed E-state index contributed by atoms with van der Waals surface area (Å²) >= 11 is 6.73. The third kappa shape index (κ3) is 3.59. The molecule has 0 heterocycles. The molecule has 18 heavy (non-hydrogen) atoms. The van der Waals surface area contributed by atoms with Crippen molar-refractivity contribution in [3.63, 3.8) is 0 Å². The number of nitrogens with two attached hydrogens (primary N) is 1. The normalized spacial score (nSPS) is 10.9. The summed E-state index contributed by atoms with van der Waals surface area (Å²) in [5, 5.41) is 8.77. The Hall–Kier alpha value is -1.32. The van der Waals surface area contributed by atoms with Crippen molar-refractivity contribution in [2.45, 2.75) is 6.92 Å². The van der Waals surface area contributed by atoms with Crippen LogP contribution in [-0.4, -0.2) is 12.5 Å². The van der Waals surface area contributed by atoms with E-state index in [9.17, 15) is 4.79 Å². The van der Waals surface area contributed by atoms with E-state index in [0.717, 1.165) is 8.95 Å². The van der Waals surface area contributed by atoms with Crippen LogP contribution in [0.25, 0.3) is 6.08 Å². The van der Waals surface area contributed by atoms with Gasteiger partial charge in [-0.2, -0.15) is 5.26 Å². The fourth-order valence-corrected chi connectivity index (χ4v) is 2.72. The lowest BCUT2D eigenvalue weighted by Gasteiger charge is -2.09. The number of ether oxygens (including phenoxy) is 1. The van der Waals surface area contributed by atoms with Gasteiger partial charge in [0.2, 0.25) is 0 Å². The molecule has 4 nitrogen and oxygen atoms in total. The van der Waals surface area contributed by atoms with Gasteiger partial charge in [0.15, 0.2) is 0 Å². The topological polar surface area (TPSA) is 76.1 Å². The molecule has 0 atom stereocenters. The summed E-state index contributed by atoms with van der Waals surface area (Å²) in [4.78, 5) is 11.0. The van der Waals surface area contributed by atoms with Crippen molar-refractivity contribution >= 4 is 43.8 Å². The van der Waals surface area contributed by atoms with Crippen LogP contribution in [0, 0.1) is 11.3 Å². The zero-order valence-electron chi connectivity index (χ0n) is 9.54. The number of hydrogen-bond donors (Lipinski definition) is 1. The summed E-state index contributed by atoms with van der Waals surface area (Å²) in [6, 6.07) is 5.25. The number of halogens is 2. The molecule has 0 bridgehead atoms. The molecule has 0 saturated carbocycles. The summed E-state index contributed by atoms with van der Waals surface area (Å²) in [5.74, 6) is -0.0779. The molecular formula is C12H10Br2N2O2. The Balaban J connectivity index is 3.22. The molecule has 0 aliphatic heterocycles. The second-order valence-electron chi connectivity index (χ2n) is 3.28. The first kappa shape index (κ1) is 14.7. The largest absolute Gasteiger partial charge is 0.492 e. The van der Waals surface area contributed by atoms with E-state index in [-0.39, 0.29) is 5.57 Å². The average molecular weight is 374 g/mol. The monoisotopic (exact) mass is 372 g/mol. The highest BCUT2D eigenvalue weighted by Crippen LogP contribution is 2.35. The van der Waals surface area contributed by atoms with Crippen molar-refractivity contribution < 1.29 is 9.53 Å². The molecular weight excluding hydrogens is 364 g/mol. The molecule has 0 aliphatic carbocycles. The average Bonchev–Trinajstić information content (AvgIpc) is 2.30. The summed E-state index contributed by atoms with van der Waals surface area (Å²) in [5.41, 5.74) is 5.65. The SMILES string of the molecule is CCOc1c(Br)cc(/C=C(\C#N)C(N)=O)cc1Br. The van der Waals surface area contributed by atoms with Gasteiger partial charge in [-0.05, 0) is 62.6 Å². The Morgan fingerprint density at radius 2 is 2.06 bits per heavy atom. The van der Waals surface area contributed by atoms with Crippen molar-refractivity contribution in [2.24, 2.45) is 5.73 Å². The van der Waals surface area contributed by atoms with Gasteiger partial charge in [-0.25, -0.2) is 0 Å². The minimum Gasteiger partial charge on any atom is -0.492 e. The predicted molar refractivity (Wildman–Crippen MR) is 75.8 cm³/mol. The Morgan fingerprint density at radius 3 is 2.44 bits per heavy atom. The maximum atomic E-state index is 11.0. The van der Waals surface area contributed by atoms with Gasteiger partial charge < -0.3 is 10.5 Å². The lowest BCUT2D eigenvalue weighted by Crippen LogP contribution is -2.12. The fraction of sp³-hybridized carbons (Fsp3) is 0.167. The molecule has 0 aromatic heterocycles. The first-order chi connectivity index (χ1) is 8.49. The Morgan fingerprint density at radius 1 is 1.50 bits per heavy atom. The number of nitrogens with zero attached hydrogens (tertiary/aromatic N) is 1. The van der Waals surface area contributed by atoms with Crippen LogP contribution in [0.3, 0.4) is 0 Å². The number of primary amides is 1. The van der Waals surface area contributed by atoms with Crippen molar-refractivity contribution in [1.82, 2.24) is 0 Å². The molecule has 1 amide bonds. The highest BCUT2D eigenvalue weighted by Gasteiger charge is 2.09. The maximum Gasteiger partial charge on any atom is 0.259 e. The van der Waals surface area contributed by atoms with Gasteiger partial charge in [0.25, 0.3) is 5.91 Å². The second kappa shape index (κ2) is 6.57. The van der Waals surface area contributed by atoms with Gasteiger partial charge in [0.1, 0.15) is 17.4 Å². The first-order valence-electron chi connectivity index (χ1n) is 5.03. The van der Waals surface area contributed by atoms with Crippen LogP contribution in [0.15, 0.2) is 26.7 Å². The van der Waals surface area contributed by atoms with E-state index in [4.69, 9.17) is 15.7 Å². The van der Waals surface area contributed by atoms with Gasteiger partial charge >= 0.3 is 0 Å². The van der Waals surface area contributed by atoms with E-state index < -0.39 is 5.91 Å². The predicted octanol–water partition coefficient (Wildman–Crippen LogP) is 3.00. The van der Waals surface area contributed by atoms with E-state index >= 15 is 0 Å². The highest BCUT2D eigenvalue weighted by atomic mass is 79.9. The standard InChI is InChI=1S/C12H10Br2N2O2/c1-2-18-11-9(13)4-7(5-10(11)14)3-8(6-15)12(16)17/h3-5H,2H2,1H3,(H2,16,17)/b8-3+. The molecule has 0 unspecified atom stereocenters. The van der Waals surface area contributed by atoms with Crippen LogP contribution in [0.2, 0.25) is 0 Å². The number of nitriles is 1. The van der Waals surface area contributed by atoms with Crippen LogP contribution in [0.4, 0.5) is 0 Å². The molecule has 2 N–H and O–H groups in total. The second-order valence-corrected chi connectivity index (χ2v) is 4.99. The highest BCUT2D eigenvalue weighted by molar-refractivity contribution is 9.11. The minimum atomic E-state index is -0.751. The van der Waals surface area contributed by atoms with Crippen LogP contribution >= 0.6 is 31.9 Å². The van der Waals surface area contributed by atoms with Gasteiger partial charge in [-0.3, -0.25) is 4.79 Å². The van der Waals surface area contributed by atoms with Gasteiger partial charge in [0, 0.05) is 0 Å². The van der Waals surface area contributed by atoms with E-state index in [2.05, 4.69) is 31.9 Å².